The Balaban J connectivity index is 2.59. The fourth-order valence-corrected chi connectivity index (χ4v) is 1.91. The van der Waals surface area contributed by atoms with Crippen molar-refractivity contribution in [1.82, 2.24) is 9.97 Å². The van der Waals surface area contributed by atoms with Crippen molar-refractivity contribution in [1.29, 1.82) is 0 Å². The van der Waals surface area contributed by atoms with Crippen LogP contribution < -0.4 is 11.5 Å². The van der Waals surface area contributed by atoms with Gasteiger partial charge in [0.15, 0.2) is 0 Å². The molecule has 0 amide bonds. The summed E-state index contributed by atoms with van der Waals surface area (Å²) in [5.74, 6) is 0.634. The van der Waals surface area contributed by atoms with Gasteiger partial charge in [0, 0.05) is 10.8 Å². The number of hydrogen-bond acceptors (Lipinski definition) is 4. The van der Waals surface area contributed by atoms with Gasteiger partial charge in [0.1, 0.15) is 5.82 Å². The van der Waals surface area contributed by atoms with Gasteiger partial charge in [-0.15, -0.1) is 0 Å². The lowest BCUT2D eigenvalue weighted by molar-refractivity contribution is 1.25. The molecule has 0 saturated carbocycles. The van der Waals surface area contributed by atoms with Crippen LogP contribution in [0.25, 0.3) is 21.7 Å². The summed E-state index contributed by atoms with van der Waals surface area (Å²) in [5, 5.41) is 3.00. The number of nitrogens with two attached hydrogens (primary N) is 2. The minimum absolute atomic E-state index is 0.210. The van der Waals surface area contributed by atoms with Gasteiger partial charge < -0.3 is 11.5 Å². The Bertz CT molecular complexity index is 691. The number of benzene rings is 2. The van der Waals surface area contributed by atoms with E-state index >= 15 is 0 Å². The summed E-state index contributed by atoms with van der Waals surface area (Å²) in [4.78, 5) is 8.20. The van der Waals surface area contributed by atoms with E-state index in [0.29, 0.717) is 5.82 Å². The third-order valence-electron chi connectivity index (χ3n) is 2.64. The number of nitrogen functional groups attached to an aromatic ring is 2. The molecule has 0 aliphatic rings. The Morgan fingerprint density at radius 3 is 2.50 bits per heavy atom. The molecule has 0 atom stereocenters. The molecule has 0 radical (unpaired) electrons. The fourth-order valence-electron chi connectivity index (χ4n) is 1.91. The fraction of sp³-hybridized carbons (Fsp3) is 0. The van der Waals surface area contributed by atoms with Gasteiger partial charge in [-0.2, -0.15) is 4.98 Å². The molecule has 0 aliphatic carbocycles. The summed E-state index contributed by atoms with van der Waals surface area (Å²) in [6.45, 7) is 0. The Morgan fingerprint density at radius 1 is 0.812 bits per heavy atom. The van der Waals surface area contributed by atoms with E-state index in [9.17, 15) is 0 Å². The smallest absolute Gasteiger partial charge is 0.222 e. The van der Waals surface area contributed by atoms with E-state index in [2.05, 4.69) is 9.97 Å². The van der Waals surface area contributed by atoms with E-state index in [-0.39, 0.29) is 5.95 Å². The Kier molecular flexibility index (Phi) is 1.71. The zero-order chi connectivity index (χ0) is 11.1. The van der Waals surface area contributed by atoms with Crippen LogP contribution in [-0.4, -0.2) is 9.97 Å². The average Bonchev–Trinajstić information content (AvgIpc) is 2.28. The standard InChI is InChI=1S/C12H10N4/c13-11-9-6-5-7-3-1-2-4-8(7)10(9)15-12(14)16-11/h1-6H,(H4,13,14,15,16). The lowest BCUT2D eigenvalue weighted by atomic mass is 10.1. The second-order valence-corrected chi connectivity index (χ2v) is 3.65. The van der Waals surface area contributed by atoms with Gasteiger partial charge in [0.05, 0.1) is 5.52 Å². The first-order valence-electron chi connectivity index (χ1n) is 4.96. The predicted octanol–water partition coefficient (Wildman–Crippen LogP) is 1.95. The SMILES string of the molecule is Nc1nc(N)c2ccc3ccccc3c2n1. The van der Waals surface area contributed by atoms with Crippen molar-refractivity contribution >= 4 is 33.4 Å². The normalized spacial score (nSPS) is 11.0. The van der Waals surface area contributed by atoms with Gasteiger partial charge in [-0.05, 0) is 11.5 Å². The Hall–Kier alpha value is -2.36. The predicted molar refractivity (Wildman–Crippen MR) is 65.9 cm³/mol. The van der Waals surface area contributed by atoms with Crippen molar-refractivity contribution in [3.63, 3.8) is 0 Å². The first-order chi connectivity index (χ1) is 7.75. The lowest BCUT2D eigenvalue weighted by Crippen LogP contribution is -2.00. The van der Waals surface area contributed by atoms with Gasteiger partial charge in [0.2, 0.25) is 5.95 Å². The van der Waals surface area contributed by atoms with E-state index in [4.69, 9.17) is 11.5 Å². The maximum atomic E-state index is 5.82. The van der Waals surface area contributed by atoms with Gasteiger partial charge in [-0.25, -0.2) is 4.98 Å². The van der Waals surface area contributed by atoms with Crippen molar-refractivity contribution in [2.75, 3.05) is 11.5 Å². The molecular formula is C12H10N4. The van der Waals surface area contributed by atoms with Crippen molar-refractivity contribution in [2.24, 2.45) is 0 Å². The monoisotopic (exact) mass is 210 g/mol. The zero-order valence-electron chi connectivity index (χ0n) is 8.51. The molecule has 1 heterocycles. The molecule has 0 aliphatic heterocycles. The number of aromatic nitrogens is 2. The van der Waals surface area contributed by atoms with Gasteiger partial charge >= 0.3 is 0 Å². The second kappa shape index (κ2) is 3.06. The second-order valence-electron chi connectivity index (χ2n) is 3.65. The summed E-state index contributed by atoms with van der Waals surface area (Å²) in [6, 6.07) is 11.9. The molecule has 0 spiro atoms. The van der Waals surface area contributed by atoms with Crippen LogP contribution in [0.4, 0.5) is 11.8 Å². The summed E-state index contributed by atoms with van der Waals surface area (Å²) in [5.41, 5.74) is 12.2. The highest BCUT2D eigenvalue weighted by molar-refractivity contribution is 6.08. The molecule has 4 N–H and O–H groups in total. The molecule has 0 saturated heterocycles. The number of anilines is 2. The van der Waals surface area contributed by atoms with E-state index < -0.39 is 0 Å². The molecule has 16 heavy (non-hydrogen) atoms. The third-order valence-corrected chi connectivity index (χ3v) is 2.64. The van der Waals surface area contributed by atoms with Crippen LogP contribution in [0.2, 0.25) is 0 Å². The zero-order valence-corrected chi connectivity index (χ0v) is 8.51. The van der Waals surface area contributed by atoms with E-state index in [1.807, 2.05) is 36.4 Å². The highest BCUT2D eigenvalue weighted by Gasteiger charge is 2.06. The van der Waals surface area contributed by atoms with E-state index in [1.54, 1.807) is 0 Å². The van der Waals surface area contributed by atoms with Crippen LogP contribution >= 0.6 is 0 Å². The minimum atomic E-state index is 0.210. The first kappa shape index (κ1) is 8.91. The average molecular weight is 210 g/mol. The van der Waals surface area contributed by atoms with Crippen LogP contribution in [0.5, 0.6) is 0 Å². The van der Waals surface area contributed by atoms with Crippen molar-refractivity contribution in [3.05, 3.63) is 36.4 Å². The number of nitrogens with zero attached hydrogens (tertiary/aromatic N) is 2. The Morgan fingerprint density at radius 2 is 1.62 bits per heavy atom. The number of rotatable bonds is 0. The Labute approximate surface area is 91.9 Å². The minimum Gasteiger partial charge on any atom is -0.383 e. The highest BCUT2D eigenvalue weighted by Crippen LogP contribution is 2.26. The van der Waals surface area contributed by atoms with Crippen LogP contribution in [0, 0.1) is 0 Å². The molecule has 1 aromatic heterocycles. The summed E-state index contributed by atoms with van der Waals surface area (Å²) < 4.78 is 0. The topological polar surface area (TPSA) is 77.8 Å². The van der Waals surface area contributed by atoms with Crippen LogP contribution in [0.1, 0.15) is 0 Å². The maximum Gasteiger partial charge on any atom is 0.222 e. The summed E-state index contributed by atoms with van der Waals surface area (Å²) in [6.07, 6.45) is 0. The quantitative estimate of drug-likeness (QED) is 0.556. The molecule has 3 aromatic rings. The van der Waals surface area contributed by atoms with Crippen LogP contribution in [0.15, 0.2) is 36.4 Å². The van der Waals surface area contributed by atoms with Gasteiger partial charge in [0.25, 0.3) is 0 Å². The molecule has 78 valence electrons. The summed E-state index contributed by atoms with van der Waals surface area (Å²) >= 11 is 0. The van der Waals surface area contributed by atoms with Crippen molar-refractivity contribution in [3.8, 4) is 0 Å². The number of hydrogen-bond donors (Lipinski definition) is 2. The molecular weight excluding hydrogens is 200 g/mol. The van der Waals surface area contributed by atoms with E-state index in [0.717, 1.165) is 21.7 Å². The maximum absolute atomic E-state index is 5.82. The molecule has 4 heteroatoms. The highest BCUT2D eigenvalue weighted by atomic mass is 15.0. The molecule has 4 nitrogen and oxygen atoms in total. The van der Waals surface area contributed by atoms with Gasteiger partial charge in [-0.3, -0.25) is 0 Å². The van der Waals surface area contributed by atoms with Crippen LogP contribution in [0.3, 0.4) is 0 Å². The lowest BCUT2D eigenvalue weighted by Gasteiger charge is -2.05. The molecule has 0 fully saturated rings. The third kappa shape index (κ3) is 1.16. The van der Waals surface area contributed by atoms with Crippen molar-refractivity contribution < 1.29 is 0 Å². The van der Waals surface area contributed by atoms with E-state index in [1.165, 1.54) is 0 Å². The van der Waals surface area contributed by atoms with Crippen molar-refractivity contribution in [2.45, 2.75) is 0 Å². The molecule has 2 aromatic carbocycles. The molecule has 3 rings (SSSR count). The van der Waals surface area contributed by atoms with Crippen LogP contribution in [-0.2, 0) is 0 Å². The van der Waals surface area contributed by atoms with Gasteiger partial charge in [-0.1, -0.05) is 30.3 Å². The first-order valence-corrected chi connectivity index (χ1v) is 4.96. The largest absolute Gasteiger partial charge is 0.383 e. The number of fused-ring (bicyclic) bond motifs is 3. The summed E-state index contributed by atoms with van der Waals surface area (Å²) in [7, 11) is 0. The molecule has 0 bridgehead atoms. The molecule has 0 unspecified atom stereocenters.